The smallest absolute Gasteiger partial charge is 0.0666 e. The summed E-state index contributed by atoms with van der Waals surface area (Å²) >= 11 is 0. The van der Waals surface area contributed by atoms with E-state index in [2.05, 4.69) is 11.4 Å². The average Bonchev–Trinajstić information content (AvgIpc) is 1.68. The molecule has 0 spiro atoms. The van der Waals surface area contributed by atoms with Crippen LogP contribution in [0.1, 0.15) is 6.92 Å². The van der Waals surface area contributed by atoms with E-state index in [1.54, 1.807) is 0 Å². The van der Waals surface area contributed by atoms with Crippen molar-refractivity contribution in [1.29, 1.82) is 5.26 Å². The Morgan fingerprint density at radius 3 is 2.57 bits per heavy atom. The molecule has 0 aliphatic carbocycles. The molecule has 0 heterocycles. The summed E-state index contributed by atoms with van der Waals surface area (Å²) in [6, 6.07) is 2.10. The third-order valence-corrected chi connectivity index (χ3v) is 0.731. The molecule has 2 nitrogen and oxygen atoms in total. The number of hydrogen-bond acceptors (Lipinski definition) is 2. The number of rotatable bonds is 2. The van der Waals surface area contributed by atoms with E-state index in [1.807, 2.05) is 14.0 Å². The van der Waals surface area contributed by atoms with E-state index < -0.39 is 0 Å². The van der Waals surface area contributed by atoms with Gasteiger partial charge in [0.2, 0.25) is 0 Å². The molecule has 0 radical (unpaired) electrons. The van der Waals surface area contributed by atoms with Crippen LogP contribution in [0.25, 0.3) is 0 Å². The second-order valence-corrected chi connectivity index (χ2v) is 1.59. The first kappa shape index (κ1) is 6.45. The summed E-state index contributed by atoms with van der Waals surface area (Å²) in [6.07, 6.45) is 0. The minimum Gasteiger partial charge on any atom is -0.318 e. The van der Waals surface area contributed by atoms with Crippen LogP contribution in [-0.2, 0) is 0 Å². The topological polar surface area (TPSA) is 35.8 Å². The lowest BCUT2D eigenvalue weighted by atomic mass is 10.2. The lowest BCUT2D eigenvalue weighted by molar-refractivity contribution is 0.661. The van der Waals surface area contributed by atoms with Crippen molar-refractivity contribution in [3.05, 3.63) is 0 Å². The maximum Gasteiger partial charge on any atom is 0.0666 e. The fraction of sp³-hybridized carbons (Fsp3) is 0.800. The predicted octanol–water partition coefficient (Wildman–Crippen LogP) is 0.365. The highest BCUT2D eigenvalue weighted by atomic mass is 14.8. The monoisotopic (exact) mass is 98.1 g/mol. The fourth-order valence-electron chi connectivity index (χ4n) is 0.352. The van der Waals surface area contributed by atoms with E-state index in [9.17, 15) is 0 Å². The summed E-state index contributed by atoms with van der Waals surface area (Å²) < 4.78 is 0. The molecule has 0 aliphatic rings. The number of nitriles is 1. The number of hydrogen-bond donors (Lipinski definition) is 1. The summed E-state index contributed by atoms with van der Waals surface area (Å²) in [7, 11) is 1.84. The minimum absolute atomic E-state index is 0.144. The Morgan fingerprint density at radius 2 is 2.43 bits per heavy atom. The SMILES string of the molecule is CNCC(C)C#N. The van der Waals surface area contributed by atoms with Crippen LogP contribution in [0.3, 0.4) is 0 Å². The van der Waals surface area contributed by atoms with Gasteiger partial charge in [-0.25, -0.2) is 0 Å². The van der Waals surface area contributed by atoms with Crippen molar-refractivity contribution in [3.63, 3.8) is 0 Å². The van der Waals surface area contributed by atoms with Gasteiger partial charge in [0, 0.05) is 6.54 Å². The zero-order valence-corrected chi connectivity index (χ0v) is 4.73. The fourth-order valence-corrected chi connectivity index (χ4v) is 0.352. The molecule has 2 heteroatoms. The summed E-state index contributed by atoms with van der Waals surface area (Å²) in [5.41, 5.74) is 0. The van der Waals surface area contributed by atoms with Gasteiger partial charge >= 0.3 is 0 Å². The summed E-state index contributed by atoms with van der Waals surface area (Å²) in [5, 5.41) is 11.1. The van der Waals surface area contributed by atoms with Gasteiger partial charge in [-0.2, -0.15) is 5.26 Å². The first-order chi connectivity index (χ1) is 3.31. The van der Waals surface area contributed by atoms with Gasteiger partial charge in [0.05, 0.1) is 12.0 Å². The third-order valence-electron chi connectivity index (χ3n) is 0.731. The molecule has 7 heavy (non-hydrogen) atoms. The quantitative estimate of drug-likeness (QED) is 0.541. The molecule has 1 atom stereocenters. The van der Waals surface area contributed by atoms with E-state index >= 15 is 0 Å². The Balaban J connectivity index is 3.04. The van der Waals surface area contributed by atoms with Gasteiger partial charge in [-0.05, 0) is 14.0 Å². The summed E-state index contributed by atoms with van der Waals surface area (Å²) in [6.45, 7) is 2.67. The van der Waals surface area contributed by atoms with Crippen LogP contribution in [0.2, 0.25) is 0 Å². The second kappa shape index (κ2) is 3.63. The van der Waals surface area contributed by atoms with Crippen LogP contribution < -0.4 is 5.32 Å². The van der Waals surface area contributed by atoms with Gasteiger partial charge in [0.15, 0.2) is 0 Å². The van der Waals surface area contributed by atoms with Gasteiger partial charge in [-0.3, -0.25) is 0 Å². The maximum atomic E-state index is 8.18. The van der Waals surface area contributed by atoms with Crippen LogP contribution >= 0.6 is 0 Å². The molecule has 0 aromatic heterocycles. The second-order valence-electron chi connectivity index (χ2n) is 1.59. The van der Waals surface area contributed by atoms with Crippen molar-refractivity contribution in [2.75, 3.05) is 13.6 Å². The van der Waals surface area contributed by atoms with Gasteiger partial charge in [0.25, 0.3) is 0 Å². The van der Waals surface area contributed by atoms with Crippen molar-refractivity contribution in [2.45, 2.75) is 6.92 Å². The average molecular weight is 98.1 g/mol. The Bertz CT molecular complexity index is 72.6. The van der Waals surface area contributed by atoms with Crippen molar-refractivity contribution in [3.8, 4) is 6.07 Å². The molecule has 0 aromatic rings. The Kier molecular flexibility index (Phi) is 3.35. The van der Waals surface area contributed by atoms with E-state index in [1.165, 1.54) is 0 Å². The summed E-state index contributed by atoms with van der Waals surface area (Å²) in [4.78, 5) is 0. The molecule has 0 saturated carbocycles. The van der Waals surface area contributed by atoms with Gasteiger partial charge in [-0.1, -0.05) is 0 Å². The van der Waals surface area contributed by atoms with Crippen molar-refractivity contribution >= 4 is 0 Å². The van der Waals surface area contributed by atoms with Crippen molar-refractivity contribution in [1.82, 2.24) is 5.32 Å². The van der Waals surface area contributed by atoms with Gasteiger partial charge < -0.3 is 5.32 Å². The molecule has 0 saturated heterocycles. The Morgan fingerprint density at radius 1 is 1.86 bits per heavy atom. The first-order valence-electron chi connectivity index (χ1n) is 2.35. The molecule has 0 aliphatic heterocycles. The van der Waals surface area contributed by atoms with E-state index in [0.717, 1.165) is 6.54 Å². The highest BCUT2D eigenvalue weighted by Gasteiger charge is 1.92. The molecule has 0 rings (SSSR count). The van der Waals surface area contributed by atoms with Crippen LogP contribution in [0.15, 0.2) is 0 Å². The molecule has 0 amide bonds. The molecule has 0 aromatic carbocycles. The molecule has 40 valence electrons. The first-order valence-corrected chi connectivity index (χ1v) is 2.35. The number of nitrogens with zero attached hydrogens (tertiary/aromatic N) is 1. The number of nitrogens with one attached hydrogen (secondary N) is 1. The largest absolute Gasteiger partial charge is 0.318 e. The van der Waals surface area contributed by atoms with Crippen LogP contribution in [-0.4, -0.2) is 13.6 Å². The van der Waals surface area contributed by atoms with Crippen molar-refractivity contribution in [2.24, 2.45) is 5.92 Å². The summed E-state index contributed by atoms with van der Waals surface area (Å²) in [5.74, 6) is 0.144. The molecular weight excluding hydrogens is 88.1 g/mol. The Hall–Kier alpha value is -0.550. The minimum atomic E-state index is 0.144. The molecule has 1 unspecified atom stereocenters. The van der Waals surface area contributed by atoms with Crippen LogP contribution in [0.4, 0.5) is 0 Å². The Labute approximate surface area is 44.1 Å². The highest BCUT2D eigenvalue weighted by molar-refractivity contribution is 4.79. The maximum absolute atomic E-state index is 8.18. The van der Waals surface area contributed by atoms with E-state index in [4.69, 9.17) is 5.26 Å². The normalized spacial score (nSPS) is 12.7. The zero-order chi connectivity index (χ0) is 5.70. The van der Waals surface area contributed by atoms with Crippen LogP contribution in [0, 0.1) is 17.2 Å². The zero-order valence-electron chi connectivity index (χ0n) is 4.73. The van der Waals surface area contributed by atoms with E-state index in [0.29, 0.717) is 0 Å². The standard InChI is InChI=1S/C5H10N2/c1-5(3-6)4-7-2/h5,7H,4H2,1-2H3. The molecule has 1 N–H and O–H groups in total. The van der Waals surface area contributed by atoms with E-state index in [-0.39, 0.29) is 5.92 Å². The lowest BCUT2D eigenvalue weighted by Gasteiger charge is -1.95. The highest BCUT2D eigenvalue weighted by Crippen LogP contribution is 1.84. The van der Waals surface area contributed by atoms with Crippen molar-refractivity contribution < 1.29 is 0 Å². The lowest BCUT2D eigenvalue weighted by Crippen LogP contribution is -2.14. The van der Waals surface area contributed by atoms with Gasteiger partial charge in [0.1, 0.15) is 0 Å². The molecular formula is C5H10N2. The predicted molar refractivity (Wildman–Crippen MR) is 28.7 cm³/mol. The molecule has 0 fully saturated rings. The van der Waals surface area contributed by atoms with Crippen LogP contribution in [0.5, 0.6) is 0 Å². The molecule has 0 bridgehead atoms. The van der Waals surface area contributed by atoms with Gasteiger partial charge in [-0.15, -0.1) is 0 Å². The third kappa shape index (κ3) is 3.28.